The molecule has 0 spiro atoms. The van der Waals surface area contributed by atoms with Gasteiger partial charge in [0.15, 0.2) is 0 Å². The quantitative estimate of drug-likeness (QED) is 0.766. The van der Waals surface area contributed by atoms with Gasteiger partial charge in [0, 0.05) is 6.04 Å². The smallest absolute Gasteiger partial charge is 0.205 e. The number of aliphatic hydroxyl groups is 1. The molecule has 1 aromatic rings. The minimum atomic E-state index is -0.0127. The van der Waals surface area contributed by atoms with Crippen LogP contribution in [-0.2, 0) is 6.61 Å². The number of anilines is 1. The number of nitrogens with one attached hydrogen (secondary N) is 1. The normalized spacial score (nSPS) is 26.0. The third kappa shape index (κ3) is 1.97. The van der Waals surface area contributed by atoms with Crippen LogP contribution in [0, 0.1) is 5.92 Å². The Balaban J connectivity index is 1.88. The minimum Gasteiger partial charge on any atom is -0.389 e. The fourth-order valence-corrected chi connectivity index (χ4v) is 2.07. The average molecular weight is 199 g/mol. The Hall–Kier alpha value is -0.680. The van der Waals surface area contributed by atoms with Gasteiger partial charge in [0.25, 0.3) is 0 Å². The van der Waals surface area contributed by atoms with Gasteiger partial charge in [-0.2, -0.15) is 0 Å². The van der Waals surface area contributed by atoms with Gasteiger partial charge in [0.05, 0.1) is 6.61 Å². The maximum absolute atomic E-state index is 8.78. The van der Waals surface area contributed by atoms with Crippen molar-refractivity contribution in [3.05, 3.63) is 5.01 Å². The lowest BCUT2D eigenvalue weighted by Crippen LogP contribution is -2.03. The number of hydrogen-bond donors (Lipinski definition) is 2. The van der Waals surface area contributed by atoms with Gasteiger partial charge in [-0.15, -0.1) is 10.2 Å². The second kappa shape index (κ2) is 3.59. The molecule has 4 nitrogen and oxygen atoms in total. The minimum absolute atomic E-state index is 0.0127. The van der Waals surface area contributed by atoms with Crippen molar-refractivity contribution in [3.63, 3.8) is 0 Å². The molecule has 1 aromatic heterocycles. The SMILES string of the molecule is CCC1CC1Nc1nnc(CO)s1. The zero-order valence-electron chi connectivity index (χ0n) is 7.53. The first-order chi connectivity index (χ1) is 6.33. The van der Waals surface area contributed by atoms with Gasteiger partial charge in [-0.3, -0.25) is 0 Å². The van der Waals surface area contributed by atoms with E-state index in [1.54, 1.807) is 0 Å². The highest BCUT2D eigenvalue weighted by atomic mass is 32.1. The van der Waals surface area contributed by atoms with Crippen molar-refractivity contribution in [1.29, 1.82) is 0 Å². The van der Waals surface area contributed by atoms with Crippen LogP contribution in [0.3, 0.4) is 0 Å². The van der Waals surface area contributed by atoms with Crippen molar-refractivity contribution < 1.29 is 5.11 Å². The number of nitrogens with zero attached hydrogens (tertiary/aromatic N) is 2. The largest absolute Gasteiger partial charge is 0.389 e. The van der Waals surface area contributed by atoms with Crippen LogP contribution in [0.15, 0.2) is 0 Å². The molecule has 0 aromatic carbocycles. The lowest BCUT2D eigenvalue weighted by atomic mass is 10.3. The molecule has 2 atom stereocenters. The zero-order chi connectivity index (χ0) is 9.26. The molecule has 0 aliphatic heterocycles. The monoisotopic (exact) mass is 199 g/mol. The first kappa shape index (κ1) is 8.90. The number of aromatic nitrogens is 2. The van der Waals surface area contributed by atoms with Crippen LogP contribution in [-0.4, -0.2) is 21.3 Å². The topological polar surface area (TPSA) is 58.0 Å². The van der Waals surface area contributed by atoms with Crippen LogP contribution in [0.2, 0.25) is 0 Å². The molecule has 13 heavy (non-hydrogen) atoms. The standard InChI is InChI=1S/C8H13N3OS/c1-2-5-3-6(5)9-8-11-10-7(4-12)13-8/h5-6,12H,2-4H2,1H3,(H,9,11). The second-order valence-corrected chi connectivity index (χ2v) is 4.38. The van der Waals surface area contributed by atoms with Crippen LogP contribution in [0.5, 0.6) is 0 Å². The highest BCUT2D eigenvalue weighted by Crippen LogP contribution is 2.36. The summed E-state index contributed by atoms with van der Waals surface area (Å²) in [5.74, 6) is 0.807. The maximum Gasteiger partial charge on any atom is 0.205 e. The summed E-state index contributed by atoms with van der Waals surface area (Å²) in [6.45, 7) is 2.19. The molecule has 0 radical (unpaired) electrons. The van der Waals surface area contributed by atoms with Gasteiger partial charge >= 0.3 is 0 Å². The van der Waals surface area contributed by atoms with Gasteiger partial charge in [0.1, 0.15) is 5.01 Å². The van der Waals surface area contributed by atoms with Crippen LogP contribution in [0.1, 0.15) is 24.8 Å². The molecule has 5 heteroatoms. The summed E-state index contributed by atoms with van der Waals surface area (Å²) in [4.78, 5) is 0. The predicted molar refractivity (Wildman–Crippen MR) is 51.6 cm³/mol. The Kier molecular flexibility index (Phi) is 2.46. The Bertz CT molecular complexity index is 289. The van der Waals surface area contributed by atoms with E-state index in [9.17, 15) is 0 Å². The van der Waals surface area contributed by atoms with Gasteiger partial charge in [-0.1, -0.05) is 24.7 Å². The Morgan fingerprint density at radius 1 is 1.62 bits per heavy atom. The highest BCUT2D eigenvalue weighted by Gasteiger charge is 2.35. The van der Waals surface area contributed by atoms with Crippen LogP contribution in [0.4, 0.5) is 5.13 Å². The van der Waals surface area contributed by atoms with E-state index in [1.807, 2.05) is 0 Å². The fraction of sp³-hybridized carbons (Fsp3) is 0.750. The third-order valence-electron chi connectivity index (χ3n) is 2.36. The van der Waals surface area contributed by atoms with Gasteiger partial charge < -0.3 is 10.4 Å². The molecule has 1 fully saturated rings. The summed E-state index contributed by atoms with van der Waals surface area (Å²) in [6.07, 6.45) is 2.47. The number of aliphatic hydroxyl groups excluding tert-OH is 1. The Morgan fingerprint density at radius 3 is 3.00 bits per heavy atom. The second-order valence-electron chi connectivity index (χ2n) is 3.31. The Labute approximate surface area is 81.0 Å². The molecule has 1 aliphatic rings. The molecule has 0 saturated heterocycles. The van der Waals surface area contributed by atoms with E-state index in [0.717, 1.165) is 11.0 Å². The lowest BCUT2D eigenvalue weighted by Gasteiger charge is -1.97. The first-order valence-corrected chi connectivity index (χ1v) is 5.35. The van der Waals surface area contributed by atoms with Crippen molar-refractivity contribution in [1.82, 2.24) is 10.2 Å². The molecule has 2 N–H and O–H groups in total. The van der Waals surface area contributed by atoms with Crippen LogP contribution in [0.25, 0.3) is 0 Å². The highest BCUT2D eigenvalue weighted by molar-refractivity contribution is 7.15. The Morgan fingerprint density at radius 2 is 2.46 bits per heavy atom. The molecule has 0 amide bonds. The lowest BCUT2D eigenvalue weighted by molar-refractivity contribution is 0.280. The molecule has 1 aliphatic carbocycles. The van der Waals surface area contributed by atoms with E-state index in [4.69, 9.17) is 5.11 Å². The summed E-state index contributed by atoms with van der Waals surface area (Å²) in [7, 11) is 0. The van der Waals surface area contributed by atoms with Crippen LogP contribution >= 0.6 is 11.3 Å². The molecular formula is C8H13N3OS. The molecule has 2 rings (SSSR count). The maximum atomic E-state index is 8.78. The molecule has 0 bridgehead atoms. The van der Waals surface area contributed by atoms with Gasteiger partial charge in [-0.05, 0) is 12.3 Å². The zero-order valence-corrected chi connectivity index (χ0v) is 8.34. The predicted octanol–water partition coefficient (Wildman–Crippen LogP) is 1.24. The number of hydrogen-bond acceptors (Lipinski definition) is 5. The van der Waals surface area contributed by atoms with Crippen molar-refractivity contribution >= 4 is 16.5 Å². The summed E-state index contributed by atoms with van der Waals surface area (Å²) in [5.41, 5.74) is 0. The molecule has 2 unspecified atom stereocenters. The molecular weight excluding hydrogens is 186 g/mol. The van der Waals surface area contributed by atoms with Crippen LogP contribution < -0.4 is 5.32 Å². The van der Waals surface area contributed by atoms with Crippen molar-refractivity contribution in [2.75, 3.05) is 5.32 Å². The van der Waals surface area contributed by atoms with E-state index in [1.165, 1.54) is 24.2 Å². The van der Waals surface area contributed by atoms with Crippen molar-refractivity contribution in [2.24, 2.45) is 5.92 Å². The van der Waals surface area contributed by atoms with Crippen molar-refractivity contribution in [2.45, 2.75) is 32.4 Å². The molecule has 1 saturated carbocycles. The van der Waals surface area contributed by atoms with E-state index >= 15 is 0 Å². The van der Waals surface area contributed by atoms with Crippen molar-refractivity contribution in [3.8, 4) is 0 Å². The number of rotatable bonds is 4. The van der Waals surface area contributed by atoms with E-state index in [2.05, 4.69) is 22.4 Å². The van der Waals surface area contributed by atoms with Gasteiger partial charge in [-0.25, -0.2) is 0 Å². The average Bonchev–Trinajstić information content (AvgIpc) is 2.73. The first-order valence-electron chi connectivity index (χ1n) is 4.53. The van der Waals surface area contributed by atoms with E-state index < -0.39 is 0 Å². The molecule has 72 valence electrons. The summed E-state index contributed by atoms with van der Waals surface area (Å²) >= 11 is 1.43. The summed E-state index contributed by atoms with van der Waals surface area (Å²) in [6, 6.07) is 0.587. The van der Waals surface area contributed by atoms with E-state index in [-0.39, 0.29) is 6.61 Å². The third-order valence-corrected chi connectivity index (χ3v) is 3.20. The summed E-state index contributed by atoms with van der Waals surface area (Å²) in [5, 5.41) is 21.4. The summed E-state index contributed by atoms with van der Waals surface area (Å²) < 4.78 is 0. The fourth-order valence-electron chi connectivity index (χ4n) is 1.41. The molecule has 1 heterocycles. The van der Waals surface area contributed by atoms with Gasteiger partial charge in [0.2, 0.25) is 5.13 Å². The van der Waals surface area contributed by atoms with E-state index in [0.29, 0.717) is 11.0 Å².